The Labute approximate surface area is 75.8 Å². The molecular formula is C10H10N2O. The van der Waals surface area contributed by atoms with Gasteiger partial charge >= 0.3 is 0 Å². The van der Waals surface area contributed by atoms with Gasteiger partial charge in [0, 0.05) is 16.6 Å². The van der Waals surface area contributed by atoms with Gasteiger partial charge in [-0.3, -0.25) is 9.89 Å². The summed E-state index contributed by atoms with van der Waals surface area (Å²) in [7, 11) is 0. The van der Waals surface area contributed by atoms with Crippen LogP contribution in [-0.2, 0) is 6.42 Å². The maximum absolute atomic E-state index is 10.7. The number of nitrogens with one attached hydrogen (secondary N) is 1. The van der Waals surface area contributed by atoms with E-state index in [2.05, 4.69) is 17.1 Å². The maximum Gasteiger partial charge on any atom is 0.152 e. The van der Waals surface area contributed by atoms with Crippen LogP contribution in [0.1, 0.15) is 23.0 Å². The number of fused-ring (bicyclic) bond motifs is 1. The van der Waals surface area contributed by atoms with Gasteiger partial charge in [0.1, 0.15) is 5.52 Å². The normalized spacial score (nSPS) is 10.5. The topological polar surface area (TPSA) is 45.8 Å². The van der Waals surface area contributed by atoms with E-state index in [0.717, 1.165) is 29.3 Å². The van der Waals surface area contributed by atoms with Gasteiger partial charge in [-0.15, -0.1) is 0 Å². The van der Waals surface area contributed by atoms with Crippen LogP contribution in [0.3, 0.4) is 0 Å². The van der Waals surface area contributed by atoms with Crippen molar-refractivity contribution in [3.8, 4) is 0 Å². The molecule has 3 nitrogen and oxygen atoms in total. The zero-order valence-corrected chi connectivity index (χ0v) is 7.37. The van der Waals surface area contributed by atoms with Crippen LogP contribution in [0.15, 0.2) is 18.2 Å². The fourth-order valence-corrected chi connectivity index (χ4v) is 1.48. The van der Waals surface area contributed by atoms with Gasteiger partial charge < -0.3 is 0 Å². The molecule has 0 saturated carbocycles. The number of aromatic amines is 1. The molecule has 1 aromatic carbocycles. The molecule has 3 heteroatoms. The van der Waals surface area contributed by atoms with Crippen LogP contribution in [0, 0.1) is 0 Å². The average Bonchev–Trinajstić information content (AvgIpc) is 2.60. The van der Waals surface area contributed by atoms with E-state index in [4.69, 9.17) is 0 Å². The molecule has 0 radical (unpaired) electrons. The van der Waals surface area contributed by atoms with Crippen LogP contribution >= 0.6 is 0 Å². The van der Waals surface area contributed by atoms with Crippen molar-refractivity contribution in [1.29, 1.82) is 0 Å². The Bertz CT molecular complexity index is 445. The van der Waals surface area contributed by atoms with Gasteiger partial charge in [-0.25, -0.2) is 0 Å². The smallest absolute Gasteiger partial charge is 0.152 e. The summed E-state index contributed by atoms with van der Waals surface area (Å²) in [6.45, 7) is 2.06. The lowest BCUT2D eigenvalue weighted by molar-refractivity contribution is 0.112. The molecule has 0 unspecified atom stereocenters. The van der Waals surface area contributed by atoms with E-state index in [1.807, 2.05) is 12.1 Å². The van der Waals surface area contributed by atoms with Crippen molar-refractivity contribution in [2.75, 3.05) is 0 Å². The lowest BCUT2D eigenvalue weighted by Crippen LogP contribution is -1.81. The predicted molar refractivity (Wildman–Crippen MR) is 50.9 cm³/mol. The SMILES string of the molecule is CCc1[nH]nc2c(C=O)cccc12. The Morgan fingerprint density at radius 1 is 1.54 bits per heavy atom. The second-order valence-electron chi connectivity index (χ2n) is 2.92. The van der Waals surface area contributed by atoms with Crippen molar-refractivity contribution >= 4 is 17.2 Å². The molecular weight excluding hydrogens is 164 g/mol. The van der Waals surface area contributed by atoms with E-state index in [-0.39, 0.29) is 0 Å². The highest BCUT2D eigenvalue weighted by molar-refractivity contribution is 5.96. The van der Waals surface area contributed by atoms with E-state index in [1.165, 1.54) is 0 Å². The monoisotopic (exact) mass is 174 g/mol. The number of aryl methyl sites for hydroxylation is 1. The first-order valence-corrected chi connectivity index (χ1v) is 4.28. The number of H-pyrrole nitrogens is 1. The van der Waals surface area contributed by atoms with Crippen molar-refractivity contribution in [2.45, 2.75) is 13.3 Å². The Morgan fingerprint density at radius 3 is 3.08 bits per heavy atom. The number of carbonyl (C=O) groups is 1. The number of hydrogen-bond donors (Lipinski definition) is 1. The van der Waals surface area contributed by atoms with Crippen LogP contribution in [0.2, 0.25) is 0 Å². The molecule has 0 aliphatic carbocycles. The summed E-state index contributed by atoms with van der Waals surface area (Å²) in [6, 6.07) is 5.63. The van der Waals surface area contributed by atoms with E-state index < -0.39 is 0 Å². The third kappa shape index (κ3) is 1.13. The summed E-state index contributed by atoms with van der Waals surface area (Å²) in [5.74, 6) is 0. The number of aromatic nitrogens is 2. The summed E-state index contributed by atoms with van der Waals surface area (Å²) in [5.41, 5.74) is 2.50. The first kappa shape index (κ1) is 7.98. The number of hydrogen-bond acceptors (Lipinski definition) is 2. The molecule has 0 saturated heterocycles. The van der Waals surface area contributed by atoms with Crippen molar-refractivity contribution in [3.05, 3.63) is 29.5 Å². The van der Waals surface area contributed by atoms with Gasteiger partial charge in [0.05, 0.1) is 0 Å². The molecule has 0 bridgehead atoms. The average molecular weight is 174 g/mol. The molecule has 0 fully saturated rings. The second-order valence-corrected chi connectivity index (χ2v) is 2.92. The molecule has 1 heterocycles. The number of nitrogens with zero attached hydrogens (tertiary/aromatic N) is 1. The van der Waals surface area contributed by atoms with Gasteiger partial charge in [0.15, 0.2) is 6.29 Å². The molecule has 1 aromatic heterocycles. The molecule has 0 amide bonds. The largest absolute Gasteiger partial charge is 0.298 e. The molecule has 1 N–H and O–H groups in total. The fraction of sp³-hybridized carbons (Fsp3) is 0.200. The molecule has 0 aliphatic rings. The van der Waals surface area contributed by atoms with Crippen molar-refractivity contribution in [2.24, 2.45) is 0 Å². The lowest BCUT2D eigenvalue weighted by Gasteiger charge is -1.92. The van der Waals surface area contributed by atoms with Gasteiger partial charge in [-0.05, 0) is 12.5 Å². The fourth-order valence-electron chi connectivity index (χ4n) is 1.48. The number of rotatable bonds is 2. The molecule has 0 aliphatic heterocycles. The summed E-state index contributed by atoms with van der Waals surface area (Å²) in [4.78, 5) is 10.7. The molecule has 2 aromatic rings. The zero-order chi connectivity index (χ0) is 9.26. The zero-order valence-electron chi connectivity index (χ0n) is 7.37. The van der Waals surface area contributed by atoms with Gasteiger partial charge in [-0.1, -0.05) is 19.1 Å². The third-order valence-corrected chi connectivity index (χ3v) is 2.18. The highest BCUT2D eigenvalue weighted by atomic mass is 16.1. The lowest BCUT2D eigenvalue weighted by atomic mass is 10.1. The van der Waals surface area contributed by atoms with Crippen LogP contribution in [0.5, 0.6) is 0 Å². The third-order valence-electron chi connectivity index (χ3n) is 2.18. The molecule has 2 rings (SSSR count). The highest BCUT2D eigenvalue weighted by Crippen LogP contribution is 2.18. The number of carbonyl (C=O) groups excluding carboxylic acids is 1. The van der Waals surface area contributed by atoms with Gasteiger partial charge in [0.2, 0.25) is 0 Å². The number of para-hydroxylation sites is 1. The van der Waals surface area contributed by atoms with E-state index >= 15 is 0 Å². The Hall–Kier alpha value is -1.64. The molecule has 66 valence electrons. The summed E-state index contributed by atoms with van der Waals surface area (Å²) in [5, 5.41) is 8.08. The summed E-state index contributed by atoms with van der Waals surface area (Å²) >= 11 is 0. The Morgan fingerprint density at radius 2 is 2.38 bits per heavy atom. The van der Waals surface area contributed by atoms with Crippen molar-refractivity contribution in [3.63, 3.8) is 0 Å². The highest BCUT2D eigenvalue weighted by Gasteiger charge is 2.06. The first-order chi connectivity index (χ1) is 6.36. The molecule has 0 spiro atoms. The quantitative estimate of drug-likeness (QED) is 0.707. The maximum atomic E-state index is 10.7. The summed E-state index contributed by atoms with van der Waals surface area (Å²) in [6.07, 6.45) is 1.74. The Kier molecular flexibility index (Phi) is 1.85. The summed E-state index contributed by atoms with van der Waals surface area (Å²) < 4.78 is 0. The minimum absolute atomic E-state index is 0.647. The number of aldehydes is 1. The second kappa shape index (κ2) is 3.01. The molecule has 13 heavy (non-hydrogen) atoms. The predicted octanol–water partition coefficient (Wildman–Crippen LogP) is 1.94. The van der Waals surface area contributed by atoms with Crippen molar-refractivity contribution in [1.82, 2.24) is 10.2 Å². The van der Waals surface area contributed by atoms with Crippen LogP contribution in [-0.4, -0.2) is 16.5 Å². The molecule has 0 atom stereocenters. The van der Waals surface area contributed by atoms with Crippen LogP contribution in [0.4, 0.5) is 0 Å². The van der Waals surface area contributed by atoms with Crippen LogP contribution in [0.25, 0.3) is 10.9 Å². The minimum atomic E-state index is 0.647. The minimum Gasteiger partial charge on any atom is -0.298 e. The van der Waals surface area contributed by atoms with Crippen LogP contribution < -0.4 is 0 Å². The standard InChI is InChI=1S/C10H10N2O/c1-2-9-8-5-3-4-7(6-13)10(8)12-11-9/h3-6H,2H2,1H3,(H,11,12). The number of benzene rings is 1. The Balaban J connectivity index is 2.79. The first-order valence-electron chi connectivity index (χ1n) is 4.28. The van der Waals surface area contributed by atoms with Gasteiger partial charge in [0.25, 0.3) is 0 Å². The van der Waals surface area contributed by atoms with E-state index in [9.17, 15) is 4.79 Å². The van der Waals surface area contributed by atoms with Crippen molar-refractivity contribution < 1.29 is 4.79 Å². The van der Waals surface area contributed by atoms with Gasteiger partial charge in [-0.2, -0.15) is 5.10 Å². The van der Waals surface area contributed by atoms with E-state index in [1.54, 1.807) is 6.07 Å². The van der Waals surface area contributed by atoms with E-state index in [0.29, 0.717) is 5.56 Å².